The summed E-state index contributed by atoms with van der Waals surface area (Å²) in [4.78, 5) is 26.6. The highest BCUT2D eigenvalue weighted by atomic mass is 19.1. The second kappa shape index (κ2) is 10.9. The van der Waals surface area contributed by atoms with E-state index in [1.165, 1.54) is 44.6 Å². The van der Waals surface area contributed by atoms with Crippen molar-refractivity contribution >= 4 is 17.5 Å². The number of urea groups is 1. The zero-order chi connectivity index (χ0) is 23.2. The minimum atomic E-state index is -0.231. The largest absolute Gasteiger partial charge is 0.336 e. The molecule has 0 bridgehead atoms. The van der Waals surface area contributed by atoms with Gasteiger partial charge >= 0.3 is 6.03 Å². The van der Waals surface area contributed by atoms with Crippen molar-refractivity contribution in [3.05, 3.63) is 65.5 Å². The molecule has 33 heavy (non-hydrogen) atoms. The summed E-state index contributed by atoms with van der Waals surface area (Å²) in [6.07, 6.45) is 8.08. The van der Waals surface area contributed by atoms with E-state index in [0.29, 0.717) is 35.8 Å². The molecule has 1 saturated heterocycles. The quantitative estimate of drug-likeness (QED) is 0.553. The number of nitrogens with zero attached hydrogens (tertiary/aromatic N) is 1. The number of rotatable bonds is 7. The standard InChI is InChI=1S/C27H34FN3O2/c1-19(32)22-4-2-5-24(17-22)30-27(33)29-18-26-6-3-15-31(26)25-13-9-21(10-14-25)16-20-7-11-23(28)12-8-20/h2,4-5,7-8,11-12,17,21,25-26H,3,6,9-10,13-16,18H2,1H3,(H2,29,30,33)/t21?,25?,26-/m1/s1. The molecule has 2 aliphatic rings. The number of carbonyl (C=O) groups is 2. The van der Waals surface area contributed by atoms with Gasteiger partial charge in [-0.1, -0.05) is 24.3 Å². The van der Waals surface area contributed by atoms with E-state index in [1.807, 2.05) is 12.1 Å². The SMILES string of the molecule is CC(=O)c1cccc(NC(=O)NC[C@H]2CCCN2C2CCC(Cc3ccc(F)cc3)CC2)c1. The second-order valence-electron chi connectivity index (χ2n) is 9.51. The van der Waals surface area contributed by atoms with Crippen LogP contribution in [0.3, 0.4) is 0 Å². The Morgan fingerprint density at radius 3 is 2.52 bits per heavy atom. The molecule has 1 saturated carbocycles. The van der Waals surface area contributed by atoms with Crippen molar-refractivity contribution < 1.29 is 14.0 Å². The summed E-state index contributed by atoms with van der Waals surface area (Å²) < 4.78 is 13.1. The molecule has 0 radical (unpaired) electrons. The van der Waals surface area contributed by atoms with Crippen LogP contribution in [0.5, 0.6) is 0 Å². The van der Waals surface area contributed by atoms with Crippen LogP contribution in [0.2, 0.25) is 0 Å². The Hall–Kier alpha value is -2.73. The topological polar surface area (TPSA) is 61.4 Å². The number of hydrogen-bond donors (Lipinski definition) is 2. The lowest BCUT2D eigenvalue weighted by Gasteiger charge is -2.38. The maximum Gasteiger partial charge on any atom is 0.319 e. The highest BCUT2D eigenvalue weighted by Gasteiger charge is 2.33. The summed E-state index contributed by atoms with van der Waals surface area (Å²) in [7, 11) is 0. The van der Waals surface area contributed by atoms with Crippen LogP contribution in [0, 0.1) is 11.7 Å². The Balaban J connectivity index is 1.23. The lowest BCUT2D eigenvalue weighted by Crippen LogP contribution is -2.47. The summed E-state index contributed by atoms with van der Waals surface area (Å²) in [6, 6.07) is 14.7. The van der Waals surface area contributed by atoms with E-state index in [-0.39, 0.29) is 17.6 Å². The first-order valence-corrected chi connectivity index (χ1v) is 12.1. The van der Waals surface area contributed by atoms with Crippen molar-refractivity contribution in [2.45, 2.75) is 64.0 Å². The molecule has 6 heteroatoms. The van der Waals surface area contributed by atoms with E-state index in [9.17, 15) is 14.0 Å². The Bertz CT molecular complexity index is 954. The molecule has 5 nitrogen and oxygen atoms in total. The van der Waals surface area contributed by atoms with E-state index in [4.69, 9.17) is 0 Å². The number of carbonyl (C=O) groups excluding carboxylic acids is 2. The summed E-state index contributed by atoms with van der Waals surface area (Å²) >= 11 is 0. The number of benzene rings is 2. The van der Waals surface area contributed by atoms with Crippen LogP contribution in [0.25, 0.3) is 0 Å². The summed E-state index contributed by atoms with van der Waals surface area (Å²) in [6.45, 7) is 3.25. The Morgan fingerprint density at radius 2 is 1.79 bits per heavy atom. The van der Waals surface area contributed by atoms with Crippen LogP contribution in [-0.4, -0.2) is 41.9 Å². The summed E-state index contributed by atoms with van der Waals surface area (Å²) in [5.74, 6) is 0.477. The molecule has 2 fully saturated rings. The summed E-state index contributed by atoms with van der Waals surface area (Å²) in [5, 5.41) is 5.87. The fraction of sp³-hybridized carbons (Fsp3) is 0.481. The third kappa shape index (κ3) is 6.41. The van der Waals surface area contributed by atoms with Crippen LogP contribution in [0.15, 0.2) is 48.5 Å². The Kier molecular flexibility index (Phi) is 7.76. The molecule has 1 aliphatic heterocycles. The van der Waals surface area contributed by atoms with E-state index in [0.717, 1.165) is 19.4 Å². The number of Topliss-reactive ketones (excluding diaryl/α,β-unsaturated/α-hetero) is 1. The normalized spacial score (nSPS) is 23.3. The van der Waals surface area contributed by atoms with Crippen molar-refractivity contribution in [3.8, 4) is 0 Å². The van der Waals surface area contributed by atoms with Crippen LogP contribution in [0.4, 0.5) is 14.9 Å². The molecule has 2 aromatic carbocycles. The molecular weight excluding hydrogens is 417 g/mol. The van der Waals surface area contributed by atoms with Crippen molar-refractivity contribution in [2.24, 2.45) is 5.92 Å². The number of anilines is 1. The average molecular weight is 452 g/mol. The van der Waals surface area contributed by atoms with Gasteiger partial charge in [-0.2, -0.15) is 0 Å². The van der Waals surface area contributed by atoms with Crippen molar-refractivity contribution in [1.82, 2.24) is 10.2 Å². The second-order valence-corrected chi connectivity index (χ2v) is 9.51. The number of amides is 2. The molecule has 2 N–H and O–H groups in total. The van der Waals surface area contributed by atoms with Crippen molar-refractivity contribution in [3.63, 3.8) is 0 Å². The van der Waals surface area contributed by atoms with Crippen LogP contribution in [0.1, 0.15) is 61.4 Å². The lowest BCUT2D eigenvalue weighted by atomic mass is 9.81. The molecule has 2 amide bonds. The van der Waals surface area contributed by atoms with E-state index in [2.05, 4.69) is 15.5 Å². The van der Waals surface area contributed by atoms with E-state index < -0.39 is 0 Å². The van der Waals surface area contributed by atoms with Crippen molar-refractivity contribution in [2.75, 3.05) is 18.4 Å². The Labute approximate surface area is 195 Å². The van der Waals surface area contributed by atoms with Gasteiger partial charge in [0.1, 0.15) is 5.82 Å². The van der Waals surface area contributed by atoms with E-state index in [1.54, 1.807) is 36.4 Å². The van der Waals surface area contributed by atoms with Gasteiger partial charge in [-0.25, -0.2) is 9.18 Å². The van der Waals surface area contributed by atoms with Gasteiger partial charge in [0.15, 0.2) is 5.78 Å². The Morgan fingerprint density at radius 1 is 1.03 bits per heavy atom. The van der Waals surface area contributed by atoms with Gasteiger partial charge in [-0.05, 0) is 94.2 Å². The van der Waals surface area contributed by atoms with Crippen LogP contribution >= 0.6 is 0 Å². The van der Waals surface area contributed by atoms with Gasteiger partial charge in [0.25, 0.3) is 0 Å². The van der Waals surface area contributed by atoms with Gasteiger partial charge in [0.2, 0.25) is 0 Å². The zero-order valence-corrected chi connectivity index (χ0v) is 19.4. The molecule has 1 heterocycles. The number of halogens is 1. The fourth-order valence-corrected chi connectivity index (χ4v) is 5.39. The van der Waals surface area contributed by atoms with E-state index >= 15 is 0 Å². The number of hydrogen-bond acceptors (Lipinski definition) is 3. The number of nitrogens with one attached hydrogen (secondary N) is 2. The molecule has 0 unspecified atom stereocenters. The smallest absolute Gasteiger partial charge is 0.319 e. The highest BCUT2D eigenvalue weighted by molar-refractivity contribution is 5.96. The van der Waals surface area contributed by atoms with Gasteiger partial charge in [0, 0.05) is 29.9 Å². The van der Waals surface area contributed by atoms with Gasteiger partial charge < -0.3 is 10.6 Å². The van der Waals surface area contributed by atoms with Crippen LogP contribution < -0.4 is 10.6 Å². The fourth-order valence-electron chi connectivity index (χ4n) is 5.39. The minimum absolute atomic E-state index is 0.0203. The molecular formula is C27H34FN3O2. The predicted molar refractivity (Wildman–Crippen MR) is 129 cm³/mol. The first kappa shape index (κ1) is 23.4. The van der Waals surface area contributed by atoms with Gasteiger partial charge in [0.05, 0.1) is 0 Å². The number of ketones is 1. The molecule has 2 aromatic rings. The third-order valence-electron chi connectivity index (χ3n) is 7.17. The summed E-state index contributed by atoms with van der Waals surface area (Å²) in [5.41, 5.74) is 2.44. The van der Waals surface area contributed by atoms with Gasteiger partial charge in [-0.15, -0.1) is 0 Å². The molecule has 0 aromatic heterocycles. The van der Waals surface area contributed by atoms with Gasteiger partial charge in [-0.3, -0.25) is 9.69 Å². The molecule has 1 aliphatic carbocycles. The molecule has 4 rings (SSSR count). The lowest BCUT2D eigenvalue weighted by molar-refractivity contribution is 0.101. The first-order chi connectivity index (χ1) is 16.0. The maximum atomic E-state index is 13.1. The molecule has 1 atom stereocenters. The van der Waals surface area contributed by atoms with Crippen LogP contribution in [-0.2, 0) is 6.42 Å². The first-order valence-electron chi connectivity index (χ1n) is 12.1. The maximum absolute atomic E-state index is 13.1. The minimum Gasteiger partial charge on any atom is -0.336 e. The number of likely N-dealkylation sites (tertiary alicyclic amines) is 1. The molecule has 176 valence electrons. The average Bonchev–Trinajstić information content (AvgIpc) is 3.28. The zero-order valence-electron chi connectivity index (χ0n) is 19.4. The predicted octanol–water partition coefficient (Wildman–Crippen LogP) is 5.42. The van der Waals surface area contributed by atoms with Crippen molar-refractivity contribution in [1.29, 1.82) is 0 Å². The monoisotopic (exact) mass is 451 g/mol. The highest BCUT2D eigenvalue weighted by Crippen LogP contribution is 2.33. The molecule has 0 spiro atoms. The third-order valence-corrected chi connectivity index (χ3v) is 7.17.